The number of rotatable bonds is 13. The predicted octanol–water partition coefficient (Wildman–Crippen LogP) is 22.6. The van der Waals surface area contributed by atoms with E-state index in [9.17, 15) is 0 Å². The van der Waals surface area contributed by atoms with Crippen molar-refractivity contribution in [2.24, 2.45) is 16.6 Å². The molecule has 11 rings (SSSR count). The van der Waals surface area contributed by atoms with Crippen molar-refractivity contribution in [3.05, 3.63) is 277 Å². The number of anilines is 3. The van der Waals surface area contributed by atoms with E-state index in [1.54, 1.807) is 6.20 Å². The van der Waals surface area contributed by atoms with Crippen molar-refractivity contribution < 1.29 is 0 Å². The summed E-state index contributed by atoms with van der Waals surface area (Å²) in [5.41, 5.74) is 35.4. The zero-order valence-electron chi connectivity index (χ0n) is 62.6. The van der Waals surface area contributed by atoms with Gasteiger partial charge in [-0.15, -0.1) is 0 Å². The lowest BCUT2D eigenvalue weighted by atomic mass is 9.44. The first kappa shape index (κ1) is 68.8. The molecule has 4 aliphatic rings. The Labute approximate surface area is 575 Å². The quantitative estimate of drug-likeness (QED) is 0.0893. The maximum absolute atomic E-state index is 6.22. The second-order valence-electron chi connectivity index (χ2n) is 35.7. The molecule has 0 radical (unpaired) electrons. The predicted molar refractivity (Wildman–Crippen MR) is 415 cm³/mol. The minimum Gasteiger partial charge on any atom is -0.405 e. The van der Waals surface area contributed by atoms with Crippen LogP contribution in [-0.4, -0.2) is 6.85 Å². The smallest absolute Gasteiger partial charge is 0.329 e. The molecule has 0 saturated carbocycles. The lowest BCUT2D eigenvalue weighted by Crippen LogP contribution is -2.58. The Kier molecular flexibility index (Phi) is 17.3. The zero-order chi connectivity index (χ0) is 69.2. The summed E-state index contributed by atoms with van der Waals surface area (Å²) >= 11 is 0. The monoisotopic (exact) mass is 1260 g/mol. The van der Waals surface area contributed by atoms with Crippen molar-refractivity contribution >= 4 is 46.5 Å². The van der Waals surface area contributed by atoms with Crippen LogP contribution >= 0.6 is 0 Å². The summed E-state index contributed by atoms with van der Waals surface area (Å²) in [6, 6.07) is 52.8. The molecular weight excluding hydrogens is 1150 g/mol. The molecule has 0 aromatic heterocycles. The van der Waals surface area contributed by atoms with Gasteiger partial charge in [-0.3, -0.25) is 0 Å². The van der Waals surface area contributed by atoms with E-state index >= 15 is 0 Å². The molecule has 4 aliphatic carbocycles. The fourth-order valence-corrected chi connectivity index (χ4v) is 17.5. The molecule has 0 fully saturated rings. The van der Waals surface area contributed by atoms with Gasteiger partial charge >= 0.3 is 6.85 Å². The lowest BCUT2D eigenvalue weighted by Gasteiger charge is -2.45. The summed E-state index contributed by atoms with van der Waals surface area (Å²) in [5, 5.41) is 3.77. The first-order valence-electron chi connectivity index (χ1n) is 35.5. The Morgan fingerprint density at radius 3 is 1.35 bits per heavy atom. The normalized spacial score (nSPS) is 19.4. The number of fused-ring (bicyclic) bond motifs is 5. The highest BCUT2D eigenvalue weighted by Gasteiger charge is 2.48. The number of nitrogens with zero attached hydrogens (tertiary/aromatic N) is 1. The Balaban J connectivity index is 1.17. The van der Waals surface area contributed by atoms with Crippen molar-refractivity contribution in [2.75, 3.05) is 10.1 Å². The number of aryl methyl sites for hydroxylation is 1. The van der Waals surface area contributed by atoms with Crippen LogP contribution in [-0.2, 0) is 43.3 Å². The van der Waals surface area contributed by atoms with Crippen LogP contribution in [0.5, 0.6) is 0 Å². The lowest BCUT2D eigenvalue weighted by molar-refractivity contribution is 0.322. The SMILES string of the molecule is C/C(=C/C1=C(/C=C/C=C/Nc2cc3c(cc2C)C(C)(C)c2ccccc2C3(C)C)C(C)(C)CC1(C)C)c1cc2c(cc1B(c1cc3c(cc1/C=C\C=C\N)C(C)(C)CCC3(C)C)N(c1ccc(C(C)(C)C)cc1)c1ccc(C(C)(C)C)cc1)C(C)(C)c1ccccc1C2(C)C. The fraction of sp³-hybridized carbons (Fsp3) is 0.407. The first-order chi connectivity index (χ1) is 44.2. The highest BCUT2D eigenvalue weighted by atomic mass is 15.1. The van der Waals surface area contributed by atoms with Crippen LogP contribution in [0.1, 0.15) is 262 Å². The molecule has 0 aliphatic heterocycles. The van der Waals surface area contributed by atoms with Gasteiger partial charge in [0.15, 0.2) is 0 Å². The van der Waals surface area contributed by atoms with E-state index in [4.69, 9.17) is 5.73 Å². The standard InChI is InChI=1S/C91H112BN3/c1-59(51-72-67(86(13,14)58-87(72,15)16)34-30-32-50-94-81-57-78-75(52-60(81)2)88(17,18)68-35-25-28-38-71(68)91(78,23)24)66-54-76-77(90(21,22)70-37-27-26-36-69(70)89(76,19)20)56-80(66)92(79-55-74-73(53-61(79)33-29-31-49-93)84(9,10)47-48-85(74,11)12)95(64-43-39-62(40-44-64)82(3,4)5)65-45-41-63(42-46-65)83(6,7)8/h25-46,49-57,94H,47-48,58,93H2,1-24H3/b33-29-,34-30+,49-31+,50-32+,59-51-. The molecule has 3 nitrogen and oxygen atoms in total. The summed E-state index contributed by atoms with van der Waals surface area (Å²) in [6.45, 7) is 57.4. The molecule has 4 heteroatoms. The van der Waals surface area contributed by atoms with Crippen LogP contribution in [0.25, 0.3) is 11.6 Å². The van der Waals surface area contributed by atoms with E-state index in [0.29, 0.717) is 0 Å². The molecule has 0 atom stereocenters. The van der Waals surface area contributed by atoms with Gasteiger partial charge in [-0.2, -0.15) is 0 Å². The van der Waals surface area contributed by atoms with E-state index in [1.165, 1.54) is 111 Å². The second kappa shape index (κ2) is 23.9. The third-order valence-electron chi connectivity index (χ3n) is 23.3. The Hall–Kier alpha value is -7.56. The highest BCUT2D eigenvalue weighted by molar-refractivity contribution is 6.90. The maximum atomic E-state index is 6.22. The van der Waals surface area contributed by atoms with Crippen LogP contribution in [0.2, 0.25) is 0 Å². The van der Waals surface area contributed by atoms with Crippen molar-refractivity contribution in [3.8, 4) is 0 Å². The van der Waals surface area contributed by atoms with Crippen LogP contribution < -0.4 is 26.8 Å². The molecule has 7 aromatic rings. The minimum absolute atomic E-state index is 0.0204. The van der Waals surface area contributed by atoms with Gasteiger partial charge in [0.25, 0.3) is 0 Å². The van der Waals surface area contributed by atoms with E-state index in [0.717, 1.165) is 36.3 Å². The Morgan fingerprint density at radius 1 is 0.453 bits per heavy atom. The number of hydrogen-bond donors (Lipinski definition) is 2. The van der Waals surface area contributed by atoms with E-state index < -0.39 is 0 Å². The maximum Gasteiger partial charge on any atom is 0.329 e. The number of nitrogens with one attached hydrogen (secondary N) is 1. The Morgan fingerprint density at radius 2 is 0.874 bits per heavy atom. The summed E-state index contributed by atoms with van der Waals surface area (Å²) in [7, 11) is 0. The van der Waals surface area contributed by atoms with Gasteiger partial charge in [-0.25, -0.2) is 0 Å². The average molecular weight is 1260 g/mol. The largest absolute Gasteiger partial charge is 0.405 e. The molecule has 7 aromatic carbocycles. The third kappa shape index (κ3) is 12.2. The average Bonchev–Trinajstić information content (AvgIpc) is 1.36. The first-order valence-corrected chi connectivity index (χ1v) is 35.5. The molecule has 0 unspecified atom stereocenters. The summed E-state index contributed by atoms with van der Waals surface area (Å²) in [5.74, 6) is 0. The third-order valence-corrected chi connectivity index (χ3v) is 23.3. The highest BCUT2D eigenvalue weighted by Crippen LogP contribution is 2.56. The fourth-order valence-electron chi connectivity index (χ4n) is 17.5. The van der Waals surface area contributed by atoms with Crippen molar-refractivity contribution in [1.82, 2.24) is 0 Å². The van der Waals surface area contributed by atoms with Crippen LogP contribution in [0.4, 0.5) is 17.1 Å². The van der Waals surface area contributed by atoms with Gasteiger partial charge in [-0.1, -0.05) is 286 Å². The second-order valence-corrected chi connectivity index (χ2v) is 35.7. The molecule has 0 amide bonds. The molecule has 494 valence electrons. The molecule has 0 bridgehead atoms. The van der Waals surface area contributed by atoms with Crippen molar-refractivity contribution in [1.29, 1.82) is 0 Å². The number of benzene rings is 7. The molecule has 3 N–H and O–H groups in total. The zero-order valence-corrected chi connectivity index (χ0v) is 62.6. The van der Waals surface area contributed by atoms with Gasteiger partial charge in [-0.05, 0) is 225 Å². The van der Waals surface area contributed by atoms with E-state index in [-0.39, 0.29) is 61.0 Å². The van der Waals surface area contributed by atoms with Crippen LogP contribution in [0.15, 0.2) is 193 Å². The van der Waals surface area contributed by atoms with Crippen molar-refractivity contribution in [2.45, 2.75) is 229 Å². The van der Waals surface area contributed by atoms with Gasteiger partial charge in [0, 0.05) is 44.9 Å². The summed E-state index contributed by atoms with van der Waals surface area (Å²) in [4.78, 5) is 2.70. The minimum atomic E-state index is -0.325. The van der Waals surface area contributed by atoms with Gasteiger partial charge in [0.05, 0.1) is 0 Å². The number of nitrogens with two attached hydrogens (primary N) is 1. The molecule has 0 saturated heterocycles. The van der Waals surface area contributed by atoms with Crippen molar-refractivity contribution in [3.63, 3.8) is 0 Å². The van der Waals surface area contributed by atoms with Crippen LogP contribution in [0.3, 0.4) is 0 Å². The summed E-state index contributed by atoms with van der Waals surface area (Å²) in [6.07, 6.45) is 23.0. The topological polar surface area (TPSA) is 41.3 Å². The number of hydrogen-bond acceptors (Lipinski definition) is 3. The molecule has 0 spiro atoms. The van der Waals surface area contributed by atoms with E-state index in [2.05, 4.69) is 352 Å². The number of allylic oxidation sites excluding steroid dienone is 9. The molecular formula is C91H112BN3. The van der Waals surface area contributed by atoms with Crippen LogP contribution in [0, 0.1) is 17.8 Å². The van der Waals surface area contributed by atoms with Gasteiger partial charge < -0.3 is 15.9 Å². The molecule has 95 heavy (non-hydrogen) atoms. The summed E-state index contributed by atoms with van der Waals surface area (Å²) < 4.78 is 0. The Bertz CT molecular complexity index is 4270. The van der Waals surface area contributed by atoms with Gasteiger partial charge in [0.1, 0.15) is 0 Å². The van der Waals surface area contributed by atoms with E-state index in [1.807, 2.05) is 6.08 Å². The molecule has 0 heterocycles. The van der Waals surface area contributed by atoms with Gasteiger partial charge in [0.2, 0.25) is 0 Å².